The van der Waals surface area contributed by atoms with Crippen molar-refractivity contribution in [3.63, 3.8) is 0 Å². The Bertz CT molecular complexity index is 1930. The van der Waals surface area contributed by atoms with E-state index in [2.05, 4.69) is 195 Å². The first-order valence-electron chi connectivity index (χ1n) is 15.5. The van der Waals surface area contributed by atoms with Crippen LogP contribution in [0.2, 0.25) is 0 Å². The standard InChI is InChI=1S/C21H25Br2N3O.C18H13Br2N/c1-20(2,3)12-10-13(21(4,5)6)19(27-7)16(11-12)26-24-17-14(22)8-9-15(23)18(17)25-26;19-14-6-10-17(11-7-14)21(16-4-2-1-3-5-16)18-12-8-15(20)9-13-18/h8-11H,1-7H3;1-13H. The lowest BCUT2D eigenvalue weighted by Crippen LogP contribution is -2.19. The molecule has 0 fully saturated rings. The molecular weight excluding hydrogens is 860 g/mol. The lowest BCUT2D eigenvalue weighted by molar-refractivity contribution is 0.392. The second-order valence-electron chi connectivity index (χ2n) is 13.4. The fourth-order valence-corrected chi connectivity index (χ4v) is 6.54. The van der Waals surface area contributed by atoms with Crippen LogP contribution in [0.5, 0.6) is 5.75 Å². The van der Waals surface area contributed by atoms with Crippen LogP contribution >= 0.6 is 63.7 Å². The average molecular weight is 898 g/mol. The molecule has 0 N–H and O–H groups in total. The molecule has 0 aliphatic heterocycles. The molecule has 6 rings (SSSR count). The molecule has 0 aliphatic rings. The van der Waals surface area contributed by atoms with E-state index < -0.39 is 0 Å². The number of anilines is 3. The Morgan fingerprint density at radius 1 is 0.583 bits per heavy atom. The molecule has 0 spiro atoms. The van der Waals surface area contributed by atoms with E-state index in [-0.39, 0.29) is 10.8 Å². The monoisotopic (exact) mass is 894 g/mol. The van der Waals surface area contributed by atoms with E-state index in [0.717, 1.165) is 63.0 Å². The van der Waals surface area contributed by atoms with Gasteiger partial charge in [0, 0.05) is 40.5 Å². The van der Waals surface area contributed by atoms with E-state index in [1.165, 1.54) is 5.56 Å². The Balaban J connectivity index is 0.000000194. The lowest BCUT2D eigenvalue weighted by Gasteiger charge is -2.28. The van der Waals surface area contributed by atoms with Crippen molar-refractivity contribution < 1.29 is 4.74 Å². The molecule has 0 bridgehead atoms. The molecule has 248 valence electrons. The molecule has 0 unspecified atom stereocenters. The summed E-state index contributed by atoms with van der Waals surface area (Å²) < 4.78 is 9.84. The van der Waals surface area contributed by atoms with E-state index in [9.17, 15) is 0 Å². The second kappa shape index (κ2) is 14.9. The van der Waals surface area contributed by atoms with Gasteiger partial charge in [-0.15, -0.1) is 15.0 Å². The third-order valence-electron chi connectivity index (χ3n) is 7.79. The number of benzene rings is 5. The van der Waals surface area contributed by atoms with Crippen molar-refractivity contribution in [1.29, 1.82) is 0 Å². The minimum absolute atomic E-state index is 0.00519. The number of para-hydroxylation sites is 1. The molecule has 0 radical (unpaired) electrons. The third-order valence-corrected chi connectivity index (χ3v) is 10.1. The molecule has 1 heterocycles. The Morgan fingerprint density at radius 2 is 1.04 bits per heavy atom. The lowest BCUT2D eigenvalue weighted by atomic mass is 9.79. The molecule has 9 heteroatoms. The summed E-state index contributed by atoms with van der Waals surface area (Å²) in [7, 11) is 1.71. The van der Waals surface area contributed by atoms with Gasteiger partial charge in [0.15, 0.2) is 0 Å². The first-order valence-corrected chi connectivity index (χ1v) is 18.7. The second-order valence-corrected chi connectivity index (χ2v) is 17.0. The molecule has 6 aromatic rings. The quantitative estimate of drug-likeness (QED) is 0.173. The van der Waals surface area contributed by atoms with Crippen molar-refractivity contribution in [2.45, 2.75) is 52.4 Å². The molecule has 0 saturated heterocycles. The number of rotatable bonds is 5. The summed E-state index contributed by atoms with van der Waals surface area (Å²) in [6.07, 6.45) is 0. The van der Waals surface area contributed by atoms with Gasteiger partial charge in [0.25, 0.3) is 0 Å². The van der Waals surface area contributed by atoms with E-state index in [0.29, 0.717) is 0 Å². The highest BCUT2D eigenvalue weighted by atomic mass is 79.9. The zero-order valence-corrected chi connectivity index (χ0v) is 34.4. The highest BCUT2D eigenvalue weighted by Gasteiger charge is 2.27. The minimum Gasteiger partial charge on any atom is -0.494 e. The fraction of sp³-hybridized carbons (Fsp3) is 0.231. The van der Waals surface area contributed by atoms with Gasteiger partial charge in [0.1, 0.15) is 22.5 Å². The van der Waals surface area contributed by atoms with Gasteiger partial charge in [-0.2, -0.15) is 0 Å². The first-order chi connectivity index (χ1) is 22.7. The number of ether oxygens (including phenoxy) is 1. The number of methoxy groups -OCH3 is 1. The van der Waals surface area contributed by atoms with E-state index in [1.807, 2.05) is 18.2 Å². The Hall–Kier alpha value is -2.98. The van der Waals surface area contributed by atoms with Crippen LogP contribution in [0.25, 0.3) is 16.7 Å². The molecule has 1 aromatic heterocycles. The summed E-state index contributed by atoms with van der Waals surface area (Å²) in [5.41, 5.74) is 8.17. The summed E-state index contributed by atoms with van der Waals surface area (Å²) in [6.45, 7) is 13.2. The van der Waals surface area contributed by atoms with Gasteiger partial charge in [-0.05, 0) is 127 Å². The van der Waals surface area contributed by atoms with E-state index in [4.69, 9.17) is 14.9 Å². The number of halogens is 4. The zero-order valence-electron chi connectivity index (χ0n) is 28.0. The topological polar surface area (TPSA) is 43.2 Å². The first kappa shape index (κ1) is 36.3. The van der Waals surface area contributed by atoms with Crippen molar-refractivity contribution in [3.8, 4) is 11.4 Å². The number of hydrogen-bond acceptors (Lipinski definition) is 4. The van der Waals surface area contributed by atoms with Crippen molar-refractivity contribution >= 4 is 91.8 Å². The minimum atomic E-state index is -0.0743. The predicted molar refractivity (Wildman–Crippen MR) is 215 cm³/mol. The molecule has 0 aliphatic carbocycles. The Kier molecular flexibility index (Phi) is 11.2. The van der Waals surface area contributed by atoms with Crippen LogP contribution in [0.15, 0.2) is 121 Å². The summed E-state index contributed by atoms with van der Waals surface area (Å²) in [5, 5.41) is 9.49. The third kappa shape index (κ3) is 8.24. The van der Waals surface area contributed by atoms with Crippen molar-refractivity contribution in [2.24, 2.45) is 0 Å². The van der Waals surface area contributed by atoms with Crippen LogP contribution < -0.4 is 9.64 Å². The van der Waals surface area contributed by atoms with Crippen molar-refractivity contribution in [3.05, 3.63) is 132 Å². The number of fused-ring (bicyclic) bond motifs is 1. The molecule has 5 nitrogen and oxygen atoms in total. The van der Waals surface area contributed by atoms with Gasteiger partial charge in [-0.3, -0.25) is 0 Å². The van der Waals surface area contributed by atoms with E-state index in [1.54, 1.807) is 11.9 Å². The summed E-state index contributed by atoms with van der Waals surface area (Å²) in [6, 6.07) is 35.4. The molecule has 48 heavy (non-hydrogen) atoms. The van der Waals surface area contributed by atoms with Gasteiger partial charge >= 0.3 is 0 Å². The maximum absolute atomic E-state index is 5.86. The summed E-state index contributed by atoms with van der Waals surface area (Å²) >= 11 is 14.1. The van der Waals surface area contributed by atoms with Crippen LogP contribution in [0, 0.1) is 0 Å². The molecule has 5 aromatic carbocycles. The van der Waals surface area contributed by atoms with Crippen LogP contribution in [0.3, 0.4) is 0 Å². The maximum Gasteiger partial charge on any atom is 0.150 e. The summed E-state index contributed by atoms with van der Waals surface area (Å²) in [5.74, 6) is 0.808. The average Bonchev–Trinajstić information content (AvgIpc) is 3.51. The van der Waals surface area contributed by atoms with Crippen molar-refractivity contribution in [1.82, 2.24) is 15.0 Å². The van der Waals surface area contributed by atoms with Crippen LogP contribution in [-0.2, 0) is 10.8 Å². The number of nitrogens with zero attached hydrogens (tertiary/aromatic N) is 4. The molecule has 0 amide bonds. The van der Waals surface area contributed by atoms with Gasteiger partial charge in [0.05, 0.1) is 7.11 Å². The highest BCUT2D eigenvalue weighted by Crippen LogP contribution is 2.40. The van der Waals surface area contributed by atoms with Crippen LogP contribution in [0.1, 0.15) is 52.7 Å². The largest absolute Gasteiger partial charge is 0.494 e. The molecular formula is C39H38Br4N4O. The number of aromatic nitrogens is 3. The van der Waals surface area contributed by atoms with Crippen LogP contribution in [-0.4, -0.2) is 22.1 Å². The summed E-state index contributed by atoms with van der Waals surface area (Å²) in [4.78, 5) is 3.92. The smallest absolute Gasteiger partial charge is 0.150 e. The zero-order chi connectivity index (χ0) is 34.8. The Labute approximate surface area is 317 Å². The number of hydrogen-bond donors (Lipinski definition) is 0. The normalized spacial score (nSPS) is 11.6. The SMILES string of the molecule is Brc1ccc(N(c2ccccc2)c2ccc(Br)cc2)cc1.COc1c(-n2nc3c(Br)ccc(Br)c3n2)cc(C(C)(C)C)cc1C(C)(C)C. The fourth-order valence-electron chi connectivity index (χ4n) is 5.21. The van der Waals surface area contributed by atoms with Gasteiger partial charge in [-0.25, -0.2) is 0 Å². The van der Waals surface area contributed by atoms with Gasteiger partial charge in [0.2, 0.25) is 0 Å². The highest BCUT2D eigenvalue weighted by molar-refractivity contribution is 9.11. The van der Waals surface area contributed by atoms with E-state index >= 15 is 0 Å². The van der Waals surface area contributed by atoms with Crippen LogP contribution in [0.4, 0.5) is 17.1 Å². The maximum atomic E-state index is 5.86. The Morgan fingerprint density at radius 3 is 1.46 bits per heavy atom. The predicted octanol–water partition coefficient (Wildman–Crippen LogP) is 13.2. The van der Waals surface area contributed by atoms with Gasteiger partial charge < -0.3 is 9.64 Å². The molecule has 0 saturated carbocycles. The molecule has 0 atom stereocenters. The van der Waals surface area contributed by atoms with Crippen molar-refractivity contribution in [2.75, 3.05) is 12.0 Å². The van der Waals surface area contributed by atoms with Gasteiger partial charge in [-0.1, -0.05) is 97.7 Å².